The Morgan fingerprint density at radius 1 is 1.26 bits per heavy atom. The van der Waals surface area contributed by atoms with Crippen LogP contribution >= 0.6 is 0 Å². The molecule has 0 radical (unpaired) electrons. The van der Waals surface area contributed by atoms with E-state index in [9.17, 15) is 4.79 Å². The van der Waals surface area contributed by atoms with Crippen LogP contribution in [0, 0.1) is 13.8 Å². The zero-order chi connectivity index (χ0) is 17.1. The Labute approximate surface area is 140 Å². The molecular formula is C19H30N2O2. The van der Waals surface area contributed by atoms with E-state index in [1.54, 1.807) is 0 Å². The van der Waals surface area contributed by atoms with Gasteiger partial charge in [0, 0.05) is 13.1 Å². The van der Waals surface area contributed by atoms with Gasteiger partial charge in [-0.05, 0) is 65.0 Å². The van der Waals surface area contributed by atoms with E-state index in [0.717, 1.165) is 32.4 Å². The van der Waals surface area contributed by atoms with Crippen molar-refractivity contribution in [3.63, 3.8) is 0 Å². The summed E-state index contributed by atoms with van der Waals surface area (Å²) in [4.78, 5) is 12.0. The van der Waals surface area contributed by atoms with Gasteiger partial charge in [0.05, 0.1) is 5.54 Å². The van der Waals surface area contributed by atoms with Crippen LogP contribution in [0.1, 0.15) is 56.7 Å². The van der Waals surface area contributed by atoms with Crippen molar-refractivity contribution < 1.29 is 9.53 Å². The summed E-state index contributed by atoms with van der Waals surface area (Å²) in [5, 5.41) is 6.59. The quantitative estimate of drug-likeness (QED) is 0.867. The highest BCUT2D eigenvalue weighted by atomic mass is 16.6. The number of nitrogens with one attached hydrogen (secondary N) is 2. The van der Waals surface area contributed by atoms with Crippen LogP contribution in [-0.4, -0.2) is 23.8 Å². The van der Waals surface area contributed by atoms with Crippen molar-refractivity contribution in [1.82, 2.24) is 10.6 Å². The predicted octanol–water partition coefficient (Wildman–Crippen LogP) is 3.84. The maximum Gasteiger partial charge on any atom is 0.408 e. The number of rotatable bonds is 5. The Morgan fingerprint density at radius 3 is 2.52 bits per heavy atom. The summed E-state index contributed by atoms with van der Waals surface area (Å²) in [6.45, 7) is 11.5. The summed E-state index contributed by atoms with van der Waals surface area (Å²) in [6, 6.07) is 6.51. The third-order valence-electron chi connectivity index (χ3n) is 4.36. The fourth-order valence-corrected chi connectivity index (χ4v) is 2.90. The normalized spacial score (nSPS) is 16.6. The highest BCUT2D eigenvalue weighted by molar-refractivity contribution is 5.69. The molecule has 0 atom stereocenters. The molecule has 1 aliphatic rings. The standard InChI is InChI=1S/C19H30N2O2/c1-14-7-8-15(2)16(11-14)12-20-13-19(9-6-10-19)21-17(22)23-18(3,4)5/h7-8,11,20H,6,9-10,12-13H2,1-5H3,(H,21,22). The van der Waals surface area contributed by atoms with Gasteiger partial charge >= 0.3 is 6.09 Å². The molecule has 2 N–H and O–H groups in total. The average Bonchev–Trinajstić information content (AvgIpc) is 2.37. The molecule has 0 unspecified atom stereocenters. The fraction of sp³-hybridized carbons (Fsp3) is 0.632. The number of amides is 1. The van der Waals surface area contributed by atoms with Gasteiger partial charge in [0.1, 0.15) is 5.60 Å². The number of hydrogen-bond acceptors (Lipinski definition) is 3. The van der Waals surface area contributed by atoms with Crippen LogP contribution in [0.3, 0.4) is 0 Å². The van der Waals surface area contributed by atoms with Crippen molar-refractivity contribution in [3.05, 3.63) is 34.9 Å². The number of carbonyl (C=O) groups excluding carboxylic acids is 1. The summed E-state index contributed by atoms with van der Waals surface area (Å²) >= 11 is 0. The van der Waals surface area contributed by atoms with E-state index in [-0.39, 0.29) is 11.6 Å². The van der Waals surface area contributed by atoms with E-state index in [1.807, 2.05) is 20.8 Å². The van der Waals surface area contributed by atoms with E-state index >= 15 is 0 Å². The second-order valence-electron chi connectivity index (χ2n) is 7.79. The molecule has 128 valence electrons. The first-order valence-electron chi connectivity index (χ1n) is 8.47. The topological polar surface area (TPSA) is 50.4 Å². The average molecular weight is 318 g/mol. The third-order valence-corrected chi connectivity index (χ3v) is 4.36. The Hall–Kier alpha value is -1.55. The lowest BCUT2D eigenvalue weighted by Crippen LogP contribution is -2.59. The molecule has 1 amide bonds. The summed E-state index contributed by atoms with van der Waals surface area (Å²) < 4.78 is 5.39. The first-order chi connectivity index (χ1) is 10.7. The van der Waals surface area contributed by atoms with Gasteiger partial charge in [-0.3, -0.25) is 0 Å². The van der Waals surface area contributed by atoms with Crippen LogP contribution in [-0.2, 0) is 11.3 Å². The van der Waals surface area contributed by atoms with E-state index in [4.69, 9.17) is 4.74 Å². The molecule has 1 aromatic carbocycles. The highest BCUT2D eigenvalue weighted by Gasteiger charge is 2.39. The molecule has 1 aliphatic carbocycles. The van der Waals surface area contributed by atoms with Crippen molar-refractivity contribution in [2.24, 2.45) is 0 Å². The highest BCUT2D eigenvalue weighted by Crippen LogP contribution is 2.31. The lowest BCUT2D eigenvalue weighted by atomic mass is 9.76. The second-order valence-corrected chi connectivity index (χ2v) is 7.79. The molecule has 0 saturated heterocycles. The van der Waals surface area contributed by atoms with Crippen LogP contribution in [0.15, 0.2) is 18.2 Å². The molecule has 1 saturated carbocycles. The molecule has 1 fully saturated rings. The van der Waals surface area contributed by atoms with Crippen LogP contribution < -0.4 is 10.6 Å². The first-order valence-corrected chi connectivity index (χ1v) is 8.47. The van der Waals surface area contributed by atoms with Crippen LogP contribution in [0.5, 0.6) is 0 Å². The van der Waals surface area contributed by atoms with Crippen LogP contribution in [0.2, 0.25) is 0 Å². The second kappa shape index (κ2) is 6.91. The van der Waals surface area contributed by atoms with Crippen molar-refractivity contribution in [1.29, 1.82) is 0 Å². The van der Waals surface area contributed by atoms with Crippen molar-refractivity contribution in [3.8, 4) is 0 Å². The van der Waals surface area contributed by atoms with Crippen molar-refractivity contribution in [2.75, 3.05) is 6.54 Å². The molecule has 0 spiro atoms. The van der Waals surface area contributed by atoms with Gasteiger partial charge < -0.3 is 15.4 Å². The Morgan fingerprint density at radius 2 is 1.96 bits per heavy atom. The number of hydrogen-bond donors (Lipinski definition) is 2. The van der Waals surface area contributed by atoms with Crippen LogP contribution in [0.4, 0.5) is 4.79 Å². The van der Waals surface area contributed by atoms with Gasteiger partial charge in [-0.1, -0.05) is 23.8 Å². The van der Waals surface area contributed by atoms with Gasteiger partial charge in [0.2, 0.25) is 0 Å². The summed E-state index contributed by atoms with van der Waals surface area (Å²) in [5.41, 5.74) is 3.28. The smallest absolute Gasteiger partial charge is 0.408 e. The number of aryl methyl sites for hydroxylation is 2. The van der Waals surface area contributed by atoms with Gasteiger partial charge in [-0.2, -0.15) is 0 Å². The minimum Gasteiger partial charge on any atom is -0.444 e. The monoisotopic (exact) mass is 318 g/mol. The summed E-state index contributed by atoms with van der Waals surface area (Å²) in [5.74, 6) is 0. The van der Waals surface area contributed by atoms with Gasteiger partial charge in [-0.25, -0.2) is 4.79 Å². The molecule has 2 rings (SSSR count). The number of benzene rings is 1. The largest absolute Gasteiger partial charge is 0.444 e. The minimum atomic E-state index is -0.457. The van der Waals surface area contributed by atoms with Crippen LogP contribution in [0.25, 0.3) is 0 Å². The Bertz CT molecular complexity index is 557. The molecular weight excluding hydrogens is 288 g/mol. The molecule has 4 nitrogen and oxygen atoms in total. The molecule has 4 heteroatoms. The Balaban J connectivity index is 1.87. The van der Waals surface area contributed by atoms with Crippen molar-refractivity contribution >= 4 is 6.09 Å². The van der Waals surface area contributed by atoms with E-state index in [1.165, 1.54) is 16.7 Å². The summed E-state index contributed by atoms with van der Waals surface area (Å²) in [7, 11) is 0. The van der Waals surface area contributed by atoms with E-state index in [2.05, 4.69) is 42.7 Å². The molecule has 0 bridgehead atoms. The summed E-state index contributed by atoms with van der Waals surface area (Å²) in [6.07, 6.45) is 2.85. The maximum absolute atomic E-state index is 12.0. The third kappa shape index (κ3) is 5.24. The number of carbonyl (C=O) groups is 1. The van der Waals surface area contributed by atoms with Gasteiger partial charge in [-0.15, -0.1) is 0 Å². The number of alkyl carbamates (subject to hydrolysis) is 1. The van der Waals surface area contributed by atoms with E-state index in [0.29, 0.717) is 0 Å². The fourth-order valence-electron chi connectivity index (χ4n) is 2.90. The first kappa shape index (κ1) is 17.8. The minimum absolute atomic E-state index is 0.153. The van der Waals surface area contributed by atoms with Crippen molar-refractivity contribution in [2.45, 2.75) is 71.6 Å². The molecule has 0 aliphatic heterocycles. The zero-order valence-corrected chi connectivity index (χ0v) is 15.1. The SMILES string of the molecule is Cc1ccc(C)c(CNCC2(NC(=O)OC(C)(C)C)CCC2)c1. The lowest BCUT2D eigenvalue weighted by Gasteiger charge is -2.43. The molecule has 0 aromatic heterocycles. The Kier molecular flexibility index (Phi) is 5.35. The predicted molar refractivity (Wildman–Crippen MR) is 93.6 cm³/mol. The maximum atomic E-state index is 12.0. The molecule has 0 heterocycles. The zero-order valence-electron chi connectivity index (χ0n) is 15.1. The van der Waals surface area contributed by atoms with E-state index < -0.39 is 5.60 Å². The van der Waals surface area contributed by atoms with Gasteiger partial charge in [0.15, 0.2) is 0 Å². The molecule has 1 aromatic rings. The lowest BCUT2D eigenvalue weighted by molar-refractivity contribution is 0.0382. The van der Waals surface area contributed by atoms with Gasteiger partial charge in [0.25, 0.3) is 0 Å². The number of ether oxygens (including phenoxy) is 1. The molecule has 23 heavy (non-hydrogen) atoms.